The lowest BCUT2D eigenvalue weighted by Gasteiger charge is -2.41. The van der Waals surface area contributed by atoms with Crippen LogP contribution in [-0.2, 0) is 0 Å². The molecule has 2 aliphatic rings. The van der Waals surface area contributed by atoms with E-state index in [4.69, 9.17) is 0 Å². The molecule has 2 heterocycles. The Morgan fingerprint density at radius 3 is 1.74 bits per heavy atom. The van der Waals surface area contributed by atoms with Gasteiger partial charge in [0.25, 0.3) is 0 Å². The highest BCUT2D eigenvalue weighted by Crippen LogP contribution is 2.21. The first kappa shape index (κ1) is 17.7. The van der Waals surface area contributed by atoms with Crippen LogP contribution in [0.25, 0.3) is 0 Å². The summed E-state index contributed by atoms with van der Waals surface area (Å²) in [4.78, 5) is 5.03. The van der Waals surface area contributed by atoms with Crippen molar-refractivity contribution in [1.82, 2.24) is 9.80 Å². The van der Waals surface area contributed by atoms with Crippen molar-refractivity contribution in [2.75, 3.05) is 44.4 Å². The maximum atomic E-state index is 2.53. The van der Waals surface area contributed by atoms with E-state index in [9.17, 15) is 0 Å². The van der Waals surface area contributed by atoms with Crippen LogP contribution in [0.1, 0.15) is 27.7 Å². The highest BCUT2D eigenvalue weighted by atomic mass is 32.2. The molecule has 0 aromatic carbocycles. The van der Waals surface area contributed by atoms with Crippen LogP contribution in [0.5, 0.6) is 0 Å². The standard InChI is InChI=1S/C8H17NS.C7H15NS/c1-7(2)9-4-8(5-9)6-10-3;1-6(2)8-4-7(5-8)9-3/h7-8H,4-6H2,1-3H3;6-7H,4-5H2,1-3H3. The Kier molecular flexibility index (Phi) is 8.19. The summed E-state index contributed by atoms with van der Waals surface area (Å²) in [5, 5.41) is 0.924. The Bertz CT molecular complexity index is 234. The normalized spacial score (nSPS) is 22.1. The number of thioether (sulfide) groups is 2. The molecule has 0 atom stereocenters. The first-order valence-corrected chi connectivity index (χ1v) is 10.2. The van der Waals surface area contributed by atoms with Gasteiger partial charge in [-0.15, -0.1) is 0 Å². The molecular weight excluding hydrogens is 272 g/mol. The van der Waals surface area contributed by atoms with E-state index in [1.165, 1.54) is 31.9 Å². The Labute approximate surface area is 129 Å². The molecule has 114 valence electrons. The summed E-state index contributed by atoms with van der Waals surface area (Å²) in [6.07, 6.45) is 4.39. The minimum absolute atomic E-state index is 0.758. The van der Waals surface area contributed by atoms with Crippen LogP contribution in [0.4, 0.5) is 0 Å². The Morgan fingerprint density at radius 1 is 0.895 bits per heavy atom. The van der Waals surface area contributed by atoms with Crippen molar-refractivity contribution in [3.63, 3.8) is 0 Å². The molecule has 0 aliphatic carbocycles. The topological polar surface area (TPSA) is 6.48 Å². The van der Waals surface area contributed by atoms with Crippen molar-refractivity contribution in [1.29, 1.82) is 0 Å². The molecule has 2 saturated heterocycles. The number of hydrogen-bond acceptors (Lipinski definition) is 4. The zero-order valence-corrected chi connectivity index (χ0v) is 15.2. The third kappa shape index (κ3) is 5.86. The molecule has 0 N–H and O–H groups in total. The highest BCUT2D eigenvalue weighted by molar-refractivity contribution is 7.99. The van der Waals surface area contributed by atoms with Crippen LogP contribution >= 0.6 is 23.5 Å². The smallest absolute Gasteiger partial charge is 0.0299 e. The predicted octanol–water partition coefficient (Wildman–Crippen LogP) is 3.13. The molecular formula is C15H32N2S2. The SMILES string of the molecule is CSC1CN(C(C)C)C1.CSCC1CN(C(C)C)C1. The molecule has 0 aromatic rings. The van der Waals surface area contributed by atoms with E-state index in [1.54, 1.807) is 0 Å². The van der Waals surface area contributed by atoms with Crippen LogP contribution in [0.3, 0.4) is 0 Å². The Hall–Kier alpha value is 0.620. The summed E-state index contributed by atoms with van der Waals surface area (Å²) in [7, 11) is 0. The average Bonchev–Trinajstić information content (AvgIpc) is 2.21. The van der Waals surface area contributed by atoms with E-state index < -0.39 is 0 Å². The van der Waals surface area contributed by atoms with Gasteiger partial charge in [-0.1, -0.05) is 0 Å². The molecule has 0 aromatic heterocycles. The van der Waals surface area contributed by atoms with Crippen LogP contribution in [0, 0.1) is 5.92 Å². The van der Waals surface area contributed by atoms with Crippen molar-refractivity contribution in [2.45, 2.75) is 45.0 Å². The molecule has 2 aliphatic heterocycles. The fourth-order valence-corrected chi connectivity index (χ4v) is 3.78. The zero-order valence-electron chi connectivity index (χ0n) is 13.6. The molecule has 4 heteroatoms. The lowest BCUT2D eigenvalue weighted by Crippen LogP contribution is -2.52. The van der Waals surface area contributed by atoms with Crippen molar-refractivity contribution < 1.29 is 0 Å². The number of hydrogen-bond donors (Lipinski definition) is 0. The summed E-state index contributed by atoms with van der Waals surface area (Å²) < 4.78 is 0. The maximum Gasteiger partial charge on any atom is 0.0299 e. The first-order chi connectivity index (χ1) is 8.97. The average molecular weight is 305 g/mol. The molecule has 0 radical (unpaired) electrons. The van der Waals surface area contributed by atoms with Crippen LogP contribution in [0.2, 0.25) is 0 Å². The summed E-state index contributed by atoms with van der Waals surface area (Å²) in [5.74, 6) is 2.33. The second-order valence-corrected chi connectivity index (χ2v) is 8.32. The van der Waals surface area contributed by atoms with Gasteiger partial charge in [0.1, 0.15) is 0 Å². The first-order valence-electron chi connectivity index (χ1n) is 7.47. The van der Waals surface area contributed by atoms with E-state index in [-0.39, 0.29) is 0 Å². The van der Waals surface area contributed by atoms with Crippen LogP contribution < -0.4 is 0 Å². The molecule has 2 fully saturated rings. The van der Waals surface area contributed by atoms with E-state index in [0.717, 1.165) is 23.3 Å². The molecule has 2 nitrogen and oxygen atoms in total. The summed E-state index contributed by atoms with van der Waals surface area (Å²) in [6.45, 7) is 14.3. The lowest BCUT2D eigenvalue weighted by atomic mass is 10.0. The predicted molar refractivity (Wildman–Crippen MR) is 92.6 cm³/mol. The van der Waals surface area contributed by atoms with E-state index in [1.807, 2.05) is 23.5 Å². The van der Waals surface area contributed by atoms with Gasteiger partial charge in [0, 0.05) is 43.5 Å². The number of likely N-dealkylation sites (tertiary alicyclic amines) is 2. The monoisotopic (exact) mass is 304 g/mol. The van der Waals surface area contributed by atoms with E-state index >= 15 is 0 Å². The van der Waals surface area contributed by atoms with Crippen LogP contribution in [0.15, 0.2) is 0 Å². The van der Waals surface area contributed by atoms with Gasteiger partial charge in [0.15, 0.2) is 0 Å². The van der Waals surface area contributed by atoms with Crippen molar-refractivity contribution in [3.05, 3.63) is 0 Å². The Balaban J connectivity index is 0.000000191. The molecule has 0 unspecified atom stereocenters. The summed E-state index contributed by atoms with van der Waals surface area (Å²) >= 11 is 3.96. The fraction of sp³-hybridized carbons (Fsp3) is 1.00. The second kappa shape index (κ2) is 8.81. The zero-order chi connectivity index (χ0) is 14.4. The maximum absolute atomic E-state index is 2.53. The minimum Gasteiger partial charge on any atom is -0.300 e. The van der Waals surface area contributed by atoms with Gasteiger partial charge < -0.3 is 4.90 Å². The second-order valence-electron chi connectivity index (χ2n) is 6.27. The Morgan fingerprint density at radius 2 is 1.37 bits per heavy atom. The van der Waals surface area contributed by atoms with Crippen molar-refractivity contribution >= 4 is 23.5 Å². The number of rotatable bonds is 5. The molecule has 19 heavy (non-hydrogen) atoms. The molecule has 2 rings (SSSR count). The van der Waals surface area contributed by atoms with Gasteiger partial charge in [0.2, 0.25) is 0 Å². The van der Waals surface area contributed by atoms with Crippen LogP contribution in [-0.4, -0.2) is 71.6 Å². The molecule has 0 spiro atoms. The van der Waals surface area contributed by atoms with Gasteiger partial charge in [-0.3, -0.25) is 4.90 Å². The van der Waals surface area contributed by atoms with Gasteiger partial charge in [-0.05, 0) is 51.9 Å². The summed E-state index contributed by atoms with van der Waals surface area (Å²) in [5.41, 5.74) is 0. The third-order valence-corrected chi connectivity index (χ3v) is 5.83. The third-order valence-electron chi connectivity index (χ3n) is 4.06. The molecule has 0 bridgehead atoms. The molecule has 0 amide bonds. The summed E-state index contributed by atoms with van der Waals surface area (Å²) in [6, 6.07) is 1.52. The van der Waals surface area contributed by atoms with Gasteiger partial charge in [-0.2, -0.15) is 23.5 Å². The van der Waals surface area contributed by atoms with Gasteiger partial charge in [-0.25, -0.2) is 0 Å². The minimum atomic E-state index is 0.758. The number of nitrogens with zero attached hydrogens (tertiary/aromatic N) is 2. The van der Waals surface area contributed by atoms with Crippen molar-refractivity contribution in [2.24, 2.45) is 5.92 Å². The van der Waals surface area contributed by atoms with Crippen molar-refractivity contribution in [3.8, 4) is 0 Å². The highest BCUT2D eigenvalue weighted by Gasteiger charge is 2.27. The van der Waals surface area contributed by atoms with Gasteiger partial charge >= 0.3 is 0 Å². The lowest BCUT2D eigenvalue weighted by molar-refractivity contribution is 0.0814. The molecule has 0 saturated carbocycles. The van der Waals surface area contributed by atoms with E-state index in [0.29, 0.717) is 0 Å². The fourth-order valence-electron chi connectivity index (χ4n) is 2.41. The van der Waals surface area contributed by atoms with Gasteiger partial charge in [0.05, 0.1) is 0 Å². The quantitative estimate of drug-likeness (QED) is 0.769. The van der Waals surface area contributed by atoms with E-state index in [2.05, 4.69) is 50.0 Å². The largest absolute Gasteiger partial charge is 0.300 e.